The van der Waals surface area contributed by atoms with Crippen molar-refractivity contribution in [1.29, 1.82) is 0 Å². The SMILES string of the molecule is O.OCC(O)CCl. The van der Waals surface area contributed by atoms with Gasteiger partial charge < -0.3 is 15.7 Å². The molecular weight excluding hydrogens is 119 g/mol. The second kappa shape index (κ2) is 6.17. The summed E-state index contributed by atoms with van der Waals surface area (Å²) >= 11 is 5.04. The van der Waals surface area contributed by atoms with Gasteiger partial charge in [0.2, 0.25) is 0 Å². The van der Waals surface area contributed by atoms with Gasteiger partial charge in [0.15, 0.2) is 0 Å². The Bertz CT molecular complexity index is 29.4. The van der Waals surface area contributed by atoms with Crippen LogP contribution in [0.3, 0.4) is 0 Å². The number of hydrogen-bond donors (Lipinski definition) is 2. The van der Waals surface area contributed by atoms with Crippen LogP contribution in [0.5, 0.6) is 0 Å². The lowest BCUT2D eigenvalue weighted by atomic mass is 10.5. The van der Waals surface area contributed by atoms with E-state index >= 15 is 0 Å². The molecule has 0 amide bonds. The molecule has 1 atom stereocenters. The molecule has 46 valence electrons. The molecule has 0 heterocycles. The Labute approximate surface area is 46.8 Å². The van der Waals surface area contributed by atoms with E-state index in [2.05, 4.69) is 0 Å². The molecule has 0 aromatic rings. The number of aliphatic hydroxyl groups excluding tert-OH is 2. The molecule has 7 heavy (non-hydrogen) atoms. The average molecular weight is 129 g/mol. The van der Waals surface area contributed by atoms with Crippen LogP contribution in [0, 0.1) is 0 Å². The largest absolute Gasteiger partial charge is 0.412 e. The second-order valence-corrected chi connectivity index (χ2v) is 1.30. The van der Waals surface area contributed by atoms with Crippen molar-refractivity contribution < 1.29 is 15.7 Å². The van der Waals surface area contributed by atoms with Crippen LogP contribution in [0.4, 0.5) is 0 Å². The highest BCUT2D eigenvalue weighted by molar-refractivity contribution is 6.18. The Kier molecular flexibility index (Phi) is 9.00. The van der Waals surface area contributed by atoms with E-state index in [1.165, 1.54) is 0 Å². The number of rotatable bonds is 2. The van der Waals surface area contributed by atoms with Gasteiger partial charge in [0.1, 0.15) is 0 Å². The lowest BCUT2D eigenvalue weighted by molar-refractivity contribution is 0.112. The van der Waals surface area contributed by atoms with E-state index in [0.717, 1.165) is 0 Å². The van der Waals surface area contributed by atoms with Crippen LogP contribution >= 0.6 is 11.6 Å². The van der Waals surface area contributed by atoms with E-state index in [9.17, 15) is 0 Å². The van der Waals surface area contributed by atoms with Crippen LogP contribution in [0.1, 0.15) is 0 Å². The number of alkyl halides is 1. The first-order chi connectivity index (χ1) is 2.81. The highest BCUT2D eigenvalue weighted by Crippen LogP contribution is 1.81. The minimum atomic E-state index is -0.744. The predicted octanol–water partition coefficient (Wildman–Crippen LogP) is -1.25. The number of aliphatic hydroxyl groups is 2. The zero-order valence-electron chi connectivity index (χ0n) is 3.76. The van der Waals surface area contributed by atoms with Gasteiger partial charge in [0, 0.05) is 0 Å². The van der Waals surface area contributed by atoms with E-state index in [-0.39, 0.29) is 18.0 Å². The van der Waals surface area contributed by atoms with Crippen molar-refractivity contribution in [3.05, 3.63) is 0 Å². The quantitative estimate of drug-likeness (QED) is 0.457. The van der Waals surface area contributed by atoms with Crippen molar-refractivity contribution in [2.45, 2.75) is 6.10 Å². The lowest BCUT2D eigenvalue weighted by Gasteiger charge is -1.95. The van der Waals surface area contributed by atoms with Gasteiger partial charge in [0.25, 0.3) is 0 Å². The molecule has 0 fully saturated rings. The zero-order chi connectivity index (χ0) is 4.99. The molecule has 1 unspecified atom stereocenters. The molecule has 0 bridgehead atoms. The smallest absolute Gasteiger partial charge is 0.0905 e. The molecule has 0 aliphatic heterocycles. The summed E-state index contributed by atoms with van der Waals surface area (Å²) in [4.78, 5) is 0. The summed E-state index contributed by atoms with van der Waals surface area (Å²) in [5, 5.41) is 16.3. The third-order valence-electron chi connectivity index (χ3n) is 0.389. The van der Waals surface area contributed by atoms with Crippen LogP contribution in [0.2, 0.25) is 0 Å². The molecule has 0 aliphatic rings. The number of hydrogen-bond acceptors (Lipinski definition) is 2. The summed E-state index contributed by atoms with van der Waals surface area (Å²) in [5.74, 6) is 0.108. The fraction of sp³-hybridized carbons (Fsp3) is 1.00. The van der Waals surface area contributed by atoms with Crippen LogP contribution in [-0.4, -0.2) is 34.3 Å². The third kappa shape index (κ3) is 6.17. The van der Waals surface area contributed by atoms with E-state index in [0.29, 0.717) is 0 Å². The van der Waals surface area contributed by atoms with Gasteiger partial charge in [-0.15, -0.1) is 11.6 Å². The van der Waals surface area contributed by atoms with Crippen LogP contribution in [0.15, 0.2) is 0 Å². The Morgan fingerprint density at radius 3 is 2.00 bits per heavy atom. The third-order valence-corrected chi connectivity index (χ3v) is 0.745. The van der Waals surface area contributed by atoms with Gasteiger partial charge >= 0.3 is 0 Å². The Morgan fingerprint density at radius 1 is 1.57 bits per heavy atom. The summed E-state index contributed by atoms with van der Waals surface area (Å²) in [5.41, 5.74) is 0. The van der Waals surface area contributed by atoms with Crippen molar-refractivity contribution in [3.63, 3.8) is 0 Å². The highest BCUT2D eigenvalue weighted by Gasteiger charge is 1.94. The first kappa shape index (κ1) is 10.2. The summed E-state index contributed by atoms with van der Waals surface area (Å²) < 4.78 is 0. The van der Waals surface area contributed by atoms with Gasteiger partial charge in [-0.3, -0.25) is 0 Å². The fourth-order valence-corrected chi connectivity index (χ4v) is 0.146. The standard InChI is InChI=1S/C3H7ClO2.H2O/c4-1-3(6)2-5;/h3,5-6H,1-2H2;1H2. The first-order valence-electron chi connectivity index (χ1n) is 1.66. The van der Waals surface area contributed by atoms with Gasteiger partial charge in [-0.25, -0.2) is 0 Å². The van der Waals surface area contributed by atoms with Crippen molar-refractivity contribution >= 4 is 11.6 Å². The van der Waals surface area contributed by atoms with Crippen molar-refractivity contribution in [2.75, 3.05) is 12.5 Å². The van der Waals surface area contributed by atoms with Gasteiger partial charge in [0.05, 0.1) is 18.6 Å². The minimum Gasteiger partial charge on any atom is -0.412 e. The molecular formula is C3H9ClO3. The van der Waals surface area contributed by atoms with Crippen molar-refractivity contribution in [1.82, 2.24) is 0 Å². The molecule has 0 saturated carbocycles. The molecule has 0 rings (SSSR count). The molecule has 0 saturated heterocycles. The van der Waals surface area contributed by atoms with E-state index in [1.807, 2.05) is 0 Å². The van der Waals surface area contributed by atoms with Crippen molar-refractivity contribution in [3.8, 4) is 0 Å². The zero-order valence-corrected chi connectivity index (χ0v) is 4.52. The Morgan fingerprint density at radius 2 is 2.00 bits per heavy atom. The molecule has 3 nitrogen and oxygen atoms in total. The molecule has 0 aliphatic carbocycles. The molecule has 0 radical (unpaired) electrons. The van der Waals surface area contributed by atoms with Crippen LogP contribution in [-0.2, 0) is 0 Å². The second-order valence-electron chi connectivity index (χ2n) is 0.991. The Hall–Kier alpha value is 0.170. The van der Waals surface area contributed by atoms with Gasteiger partial charge in [-0.2, -0.15) is 0 Å². The van der Waals surface area contributed by atoms with Gasteiger partial charge in [-0.05, 0) is 0 Å². The minimum absolute atomic E-state index is 0. The normalized spacial score (nSPS) is 12.4. The fourth-order valence-electron chi connectivity index (χ4n) is 0.0488. The summed E-state index contributed by atoms with van der Waals surface area (Å²) in [6, 6.07) is 0. The number of halogens is 1. The maximum absolute atomic E-state index is 8.28. The van der Waals surface area contributed by atoms with E-state index in [1.54, 1.807) is 0 Å². The first-order valence-corrected chi connectivity index (χ1v) is 2.19. The van der Waals surface area contributed by atoms with Crippen LogP contribution < -0.4 is 0 Å². The monoisotopic (exact) mass is 128 g/mol. The van der Waals surface area contributed by atoms with E-state index in [4.69, 9.17) is 21.8 Å². The molecule has 4 N–H and O–H groups in total. The summed E-state index contributed by atoms with van der Waals surface area (Å²) in [6.45, 7) is -0.247. The molecule has 0 spiro atoms. The molecule has 4 heteroatoms. The maximum atomic E-state index is 8.28. The van der Waals surface area contributed by atoms with Gasteiger partial charge in [-0.1, -0.05) is 0 Å². The highest BCUT2D eigenvalue weighted by atomic mass is 35.5. The van der Waals surface area contributed by atoms with Crippen molar-refractivity contribution in [2.24, 2.45) is 0 Å². The topological polar surface area (TPSA) is 72.0 Å². The summed E-state index contributed by atoms with van der Waals surface area (Å²) in [6.07, 6.45) is -0.744. The Balaban J connectivity index is 0. The lowest BCUT2D eigenvalue weighted by Crippen LogP contribution is -2.12. The van der Waals surface area contributed by atoms with Crippen LogP contribution in [0.25, 0.3) is 0 Å². The average Bonchev–Trinajstić information content (AvgIpc) is 1.65. The van der Waals surface area contributed by atoms with E-state index < -0.39 is 6.10 Å². The predicted molar refractivity (Wildman–Crippen MR) is 27.4 cm³/mol. The summed E-state index contributed by atoms with van der Waals surface area (Å²) in [7, 11) is 0. The molecule has 0 aromatic carbocycles. The molecule has 0 aromatic heterocycles. The maximum Gasteiger partial charge on any atom is 0.0905 e.